The van der Waals surface area contributed by atoms with Gasteiger partial charge in [-0.15, -0.1) is 0 Å². The minimum atomic E-state index is -3.53. The van der Waals surface area contributed by atoms with Crippen LogP contribution in [0.4, 0.5) is 23.5 Å². The lowest BCUT2D eigenvalue weighted by Crippen LogP contribution is -2.61. The summed E-state index contributed by atoms with van der Waals surface area (Å²) in [5, 5.41) is 32.0. The summed E-state index contributed by atoms with van der Waals surface area (Å²) in [6.45, 7) is 9.21. The maximum Gasteiger partial charge on any atom is 0.228 e. The summed E-state index contributed by atoms with van der Waals surface area (Å²) in [5.74, 6) is 1.86. The van der Waals surface area contributed by atoms with Crippen LogP contribution in [0.1, 0.15) is 109 Å². The Bertz CT molecular complexity index is 2440. The molecule has 22 heteroatoms. The molecule has 6 fully saturated rings. The summed E-state index contributed by atoms with van der Waals surface area (Å²) in [6.07, 6.45) is 11.7. The van der Waals surface area contributed by atoms with Crippen molar-refractivity contribution in [3.05, 3.63) is 23.5 Å². The first-order valence-electron chi connectivity index (χ1n) is 24.6. The second kappa shape index (κ2) is 18.0. The number of amides is 2. The molecule has 2 saturated carbocycles. The van der Waals surface area contributed by atoms with E-state index in [1.54, 1.807) is 44.7 Å². The summed E-state index contributed by atoms with van der Waals surface area (Å²) in [4.78, 5) is 51.2. The Balaban J connectivity index is 0.707. The molecule has 5 N–H and O–H groups in total. The van der Waals surface area contributed by atoms with Crippen LogP contribution in [0.25, 0.3) is 0 Å². The fraction of sp³-hybridized carbons (Fsp3) is 0.778. The van der Waals surface area contributed by atoms with E-state index in [9.17, 15) is 36.6 Å². The Kier molecular flexibility index (Phi) is 12.6. The van der Waals surface area contributed by atoms with Gasteiger partial charge in [-0.3, -0.25) is 24.3 Å². The van der Waals surface area contributed by atoms with Gasteiger partial charge in [0.15, 0.2) is 0 Å². The summed E-state index contributed by atoms with van der Waals surface area (Å²) in [5.41, 5.74) is -0.396. The number of fused-ring (bicyclic) bond motifs is 2. The van der Waals surface area contributed by atoms with Crippen molar-refractivity contribution in [3.8, 4) is 0 Å². The van der Waals surface area contributed by atoms with Crippen LogP contribution >= 0.6 is 0 Å². The second-order valence-corrected chi connectivity index (χ2v) is 25.6. The first-order chi connectivity index (χ1) is 31.9. The van der Waals surface area contributed by atoms with E-state index in [0.717, 1.165) is 30.4 Å². The molecule has 6 aliphatic heterocycles. The van der Waals surface area contributed by atoms with Crippen LogP contribution in [0.15, 0.2) is 12.4 Å². The highest BCUT2D eigenvalue weighted by Crippen LogP contribution is 2.45. The summed E-state index contributed by atoms with van der Waals surface area (Å²) < 4.78 is 56.9. The molecule has 67 heavy (non-hydrogen) atoms. The Labute approximate surface area is 394 Å². The van der Waals surface area contributed by atoms with E-state index >= 15 is 0 Å². The van der Waals surface area contributed by atoms with Crippen LogP contribution in [0.2, 0.25) is 0 Å². The number of rotatable bonds is 13. The van der Waals surface area contributed by atoms with Crippen molar-refractivity contribution in [2.24, 2.45) is 5.92 Å². The van der Waals surface area contributed by atoms with Crippen molar-refractivity contribution in [2.45, 2.75) is 163 Å². The zero-order valence-corrected chi connectivity index (χ0v) is 40.6. The third-order valence-corrected chi connectivity index (χ3v) is 20.9. The van der Waals surface area contributed by atoms with Gasteiger partial charge in [-0.2, -0.15) is 9.97 Å². The van der Waals surface area contributed by atoms with Gasteiger partial charge in [-0.1, -0.05) is 0 Å². The molecule has 8 heterocycles. The topological polar surface area (TPSA) is 247 Å². The number of anilines is 4. The maximum atomic E-state index is 13.9. The predicted molar refractivity (Wildman–Crippen MR) is 251 cm³/mol. The molecule has 20 nitrogen and oxygen atoms in total. The van der Waals surface area contributed by atoms with Crippen molar-refractivity contribution in [1.82, 2.24) is 38.8 Å². The van der Waals surface area contributed by atoms with E-state index in [2.05, 4.69) is 37.7 Å². The van der Waals surface area contributed by atoms with Gasteiger partial charge in [0.1, 0.15) is 22.1 Å². The molecular weight excluding hydrogens is 901 g/mol. The number of carbonyl (C=O) groups is 2. The number of carbonyl (C=O) groups excluding carboxylic acids is 2. The summed E-state index contributed by atoms with van der Waals surface area (Å²) in [6, 6.07) is -0.783. The quantitative estimate of drug-likeness (QED) is 0.189. The molecule has 2 unspecified atom stereocenters. The van der Waals surface area contributed by atoms with Crippen LogP contribution < -0.4 is 25.8 Å². The van der Waals surface area contributed by atoms with Crippen LogP contribution in [0.3, 0.4) is 0 Å². The maximum absolute atomic E-state index is 13.9. The van der Waals surface area contributed by atoms with E-state index in [4.69, 9.17) is 9.97 Å². The van der Waals surface area contributed by atoms with E-state index in [1.165, 1.54) is 0 Å². The molecule has 4 saturated heterocycles. The molecule has 2 aliphatic carbocycles. The molecule has 10 rings (SSSR count). The van der Waals surface area contributed by atoms with Gasteiger partial charge < -0.3 is 26.2 Å². The minimum Gasteiger partial charge on any atom is -0.388 e. The standard InChI is InChI=1S/C45H68N12O8S2/c1-28(53-26-35(27-53)67(64,65)55-17-12-33(13-18-55)49-42-47-22-30-6-8-38(58)56(40(30)51-42)36-5-4-14-44(36,2)60)19-29-20-37(45(3,61)21-29)57-39(59)9-7-31-23-48-43(52-41(31)57)50-32-10-15-54(16-11-32)66(62,63)34-24-46-25-34/h22-23,28-29,32-37,46,60-61H,4-21,24-27H2,1-3H3,(H,47,49,51)(H,48,50,52)/t28?,29?,36-,37+,44-,45+/m1/s1. The molecular formula is C45H68N12O8S2. The van der Waals surface area contributed by atoms with Gasteiger partial charge in [0.05, 0.1) is 23.3 Å². The van der Waals surface area contributed by atoms with E-state index in [-0.39, 0.29) is 47.1 Å². The summed E-state index contributed by atoms with van der Waals surface area (Å²) >= 11 is 0. The summed E-state index contributed by atoms with van der Waals surface area (Å²) in [7, 11) is -6.84. The first-order valence-corrected chi connectivity index (χ1v) is 27.6. The van der Waals surface area contributed by atoms with Crippen LogP contribution in [-0.4, -0.2) is 177 Å². The lowest BCUT2D eigenvalue weighted by molar-refractivity contribution is -0.121. The van der Waals surface area contributed by atoms with Gasteiger partial charge in [0.2, 0.25) is 43.8 Å². The number of aromatic nitrogens is 4. The molecule has 2 aromatic rings. The molecule has 2 aromatic heterocycles. The number of aliphatic hydroxyl groups is 2. The Morgan fingerprint density at radius 2 is 1.24 bits per heavy atom. The monoisotopic (exact) mass is 968 g/mol. The highest BCUT2D eigenvalue weighted by atomic mass is 32.2. The molecule has 6 atom stereocenters. The Morgan fingerprint density at radius 3 is 1.72 bits per heavy atom. The van der Waals surface area contributed by atoms with E-state index in [1.807, 2.05) is 0 Å². The van der Waals surface area contributed by atoms with Gasteiger partial charge in [0, 0.05) is 107 Å². The molecule has 0 radical (unpaired) electrons. The minimum absolute atomic E-state index is 0.0189. The number of nitrogens with zero attached hydrogens (tertiary/aromatic N) is 9. The zero-order chi connectivity index (χ0) is 47.0. The van der Waals surface area contributed by atoms with Crippen molar-refractivity contribution in [2.75, 3.05) is 72.8 Å². The number of hydrogen-bond acceptors (Lipinski definition) is 16. The lowest BCUT2D eigenvalue weighted by Gasteiger charge is -2.45. The van der Waals surface area contributed by atoms with Crippen molar-refractivity contribution >= 4 is 55.4 Å². The number of aryl methyl sites for hydroxylation is 2. The molecule has 8 aliphatic rings. The van der Waals surface area contributed by atoms with Crippen molar-refractivity contribution in [3.63, 3.8) is 0 Å². The van der Waals surface area contributed by atoms with Gasteiger partial charge in [-0.05, 0) is 104 Å². The van der Waals surface area contributed by atoms with Crippen LogP contribution in [0.5, 0.6) is 0 Å². The third kappa shape index (κ3) is 9.06. The number of sulfonamides is 2. The smallest absolute Gasteiger partial charge is 0.228 e. The highest BCUT2D eigenvalue weighted by molar-refractivity contribution is 7.90. The van der Waals surface area contributed by atoms with E-state index < -0.39 is 42.5 Å². The van der Waals surface area contributed by atoms with Crippen molar-refractivity contribution < 1.29 is 36.6 Å². The largest absolute Gasteiger partial charge is 0.388 e. The Hall–Kier alpha value is -3.64. The lowest BCUT2D eigenvalue weighted by atomic mass is 9.94. The fourth-order valence-electron chi connectivity index (χ4n) is 12.2. The third-order valence-electron chi connectivity index (χ3n) is 16.4. The number of likely N-dealkylation sites (tertiary alicyclic amines) is 1. The average molecular weight is 969 g/mol. The second-order valence-electron chi connectivity index (χ2n) is 21.2. The first kappa shape index (κ1) is 47.1. The van der Waals surface area contributed by atoms with Gasteiger partial charge >= 0.3 is 0 Å². The van der Waals surface area contributed by atoms with Crippen LogP contribution in [0, 0.1) is 5.92 Å². The van der Waals surface area contributed by atoms with Gasteiger partial charge in [-0.25, -0.2) is 35.4 Å². The predicted octanol–water partition coefficient (Wildman–Crippen LogP) is 1.21. The normalized spacial score (nSPS) is 31.6. The number of nitrogens with one attached hydrogen (secondary N) is 3. The molecule has 368 valence electrons. The van der Waals surface area contributed by atoms with Gasteiger partial charge in [0.25, 0.3) is 0 Å². The molecule has 2 amide bonds. The van der Waals surface area contributed by atoms with E-state index in [0.29, 0.717) is 147 Å². The highest BCUT2D eigenvalue weighted by Gasteiger charge is 2.51. The Morgan fingerprint density at radius 1 is 0.731 bits per heavy atom. The molecule has 0 spiro atoms. The average Bonchev–Trinajstić information content (AvgIpc) is 3.74. The SMILES string of the molecule is CC(CC1C[C@H](N2C(=O)CCc3cnc(NC4CCN(S(=O)(=O)C5CNC5)CC4)nc32)[C@@](C)(O)C1)N1CC(S(=O)(=O)N2CCC(Nc3ncc4c(n3)N([C@@H]3CCC[C@@]3(C)O)C(=O)CC4)CC2)C1. The zero-order valence-electron chi connectivity index (χ0n) is 39.0. The molecule has 0 aromatic carbocycles. The number of piperidine rings is 2. The van der Waals surface area contributed by atoms with Crippen molar-refractivity contribution in [1.29, 1.82) is 0 Å². The van der Waals surface area contributed by atoms with Crippen LogP contribution in [-0.2, 0) is 42.5 Å². The fourth-order valence-corrected chi connectivity index (χ4v) is 15.9. The molecule has 0 bridgehead atoms. The number of hydrogen-bond donors (Lipinski definition) is 5.